The van der Waals surface area contributed by atoms with E-state index < -0.39 is 11.7 Å². The topological polar surface area (TPSA) is 58.6 Å². The highest BCUT2D eigenvalue weighted by Crippen LogP contribution is 2.31. The highest BCUT2D eigenvalue weighted by molar-refractivity contribution is 5.78. The second-order valence-corrected chi connectivity index (χ2v) is 7.56. The van der Waals surface area contributed by atoms with Crippen LogP contribution in [0.15, 0.2) is 30.3 Å². The van der Waals surface area contributed by atoms with Gasteiger partial charge in [-0.15, -0.1) is 5.10 Å². The summed E-state index contributed by atoms with van der Waals surface area (Å²) in [5, 5.41) is 8.71. The Hall–Kier alpha value is -2.84. The van der Waals surface area contributed by atoms with Crippen molar-refractivity contribution in [2.45, 2.75) is 31.9 Å². The van der Waals surface area contributed by atoms with Gasteiger partial charge in [-0.25, -0.2) is 0 Å². The van der Waals surface area contributed by atoms with E-state index in [-0.39, 0.29) is 18.3 Å². The average Bonchev–Trinajstić information content (AvgIpc) is 2.77. The Morgan fingerprint density at radius 1 is 1.03 bits per heavy atom. The standard InChI is InChI=1S/C21H23F3N4O2/c22-21(23,24)16-5-3-6-17(13-16)30-14-20(29)28-10-8-27(9-11-28)19-12-15-4-1-2-7-18(15)25-26-19/h3,5-6,12-13H,1-2,4,7-11,14H2. The normalized spacial score (nSPS) is 16.9. The van der Waals surface area contributed by atoms with E-state index in [0.717, 1.165) is 42.9 Å². The number of halogens is 3. The van der Waals surface area contributed by atoms with Gasteiger partial charge in [-0.1, -0.05) is 6.07 Å². The quantitative estimate of drug-likeness (QED) is 0.761. The number of piperazine rings is 1. The number of anilines is 1. The maximum atomic E-state index is 12.8. The van der Waals surface area contributed by atoms with Crippen molar-refractivity contribution in [3.63, 3.8) is 0 Å². The molecule has 0 saturated carbocycles. The summed E-state index contributed by atoms with van der Waals surface area (Å²) in [6, 6.07) is 6.66. The third kappa shape index (κ3) is 4.66. The van der Waals surface area contributed by atoms with Gasteiger partial charge in [-0.05, 0) is 55.5 Å². The van der Waals surface area contributed by atoms with Gasteiger partial charge in [-0.2, -0.15) is 18.3 Å². The van der Waals surface area contributed by atoms with Crippen LogP contribution in [-0.4, -0.2) is 53.8 Å². The second kappa shape index (κ2) is 8.49. The van der Waals surface area contributed by atoms with Crippen LogP contribution < -0.4 is 9.64 Å². The molecule has 0 bridgehead atoms. The van der Waals surface area contributed by atoms with Crippen LogP contribution in [-0.2, 0) is 23.8 Å². The average molecular weight is 420 g/mol. The number of benzene rings is 1. The van der Waals surface area contributed by atoms with Gasteiger partial charge >= 0.3 is 6.18 Å². The maximum absolute atomic E-state index is 12.8. The third-order valence-electron chi connectivity index (χ3n) is 5.54. The number of fused-ring (bicyclic) bond motifs is 1. The number of carbonyl (C=O) groups is 1. The molecule has 0 atom stereocenters. The molecule has 1 fully saturated rings. The summed E-state index contributed by atoms with van der Waals surface area (Å²) < 4.78 is 43.7. The lowest BCUT2D eigenvalue weighted by molar-refractivity contribution is -0.137. The molecule has 9 heteroatoms. The molecule has 6 nitrogen and oxygen atoms in total. The Kier molecular flexibility index (Phi) is 5.78. The zero-order valence-corrected chi connectivity index (χ0v) is 16.5. The summed E-state index contributed by atoms with van der Waals surface area (Å²) >= 11 is 0. The van der Waals surface area contributed by atoms with Crippen LogP contribution in [0.4, 0.5) is 19.0 Å². The van der Waals surface area contributed by atoms with Gasteiger partial charge in [0.25, 0.3) is 5.91 Å². The zero-order valence-electron chi connectivity index (χ0n) is 16.5. The van der Waals surface area contributed by atoms with Gasteiger partial charge in [0.2, 0.25) is 0 Å². The Morgan fingerprint density at radius 2 is 1.80 bits per heavy atom. The van der Waals surface area contributed by atoms with Crippen molar-refractivity contribution in [2.24, 2.45) is 0 Å². The fourth-order valence-corrected chi connectivity index (χ4v) is 3.82. The molecule has 1 aromatic carbocycles. The van der Waals surface area contributed by atoms with E-state index in [1.165, 1.54) is 24.1 Å². The molecule has 4 rings (SSSR count). The largest absolute Gasteiger partial charge is 0.484 e. The molecule has 2 aromatic rings. The Balaban J connectivity index is 1.29. The molecule has 1 amide bonds. The Morgan fingerprint density at radius 3 is 2.57 bits per heavy atom. The predicted octanol–water partition coefficient (Wildman–Crippen LogP) is 3.10. The number of amides is 1. The second-order valence-electron chi connectivity index (χ2n) is 7.56. The Bertz CT molecular complexity index is 911. The molecule has 0 N–H and O–H groups in total. The van der Waals surface area contributed by atoms with Gasteiger partial charge in [0.1, 0.15) is 5.75 Å². The number of nitrogens with zero attached hydrogens (tertiary/aromatic N) is 4. The molecule has 2 heterocycles. The molecule has 1 aliphatic heterocycles. The highest BCUT2D eigenvalue weighted by atomic mass is 19.4. The van der Waals surface area contributed by atoms with E-state index in [4.69, 9.17) is 4.74 Å². The minimum absolute atomic E-state index is 0.0288. The van der Waals surface area contributed by atoms with Crippen LogP contribution in [0.2, 0.25) is 0 Å². The molecule has 30 heavy (non-hydrogen) atoms. The Labute approximate surface area is 172 Å². The lowest BCUT2D eigenvalue weighted by Gasteiger charge is -2.35. The van der Waals surface area contributed by atoms with E-state index in [1.54, 1.807) is 4.90 Å². The molecule has 1 aliphatic carbocycles. The first-order chi connectivity index (χ1) is 14.4. The number of hydrogen-bond acceptors (Lipinski definition) is 5. The van der Waals surface area contributed by atoms with Crippen molar-refractivity contribution in [2.75, 3.05) is 37.7 Å². The summed E-state index contributed by atoms with van der Waals surface area (Å²) in [6.45, 7) is 1.97. The lowest BCUT2D eigenvalue weighted by atomic mass is 9.97. The molecule has 0 spiro atoms. The van der Waals surface area contributed by atoms with Crippen LogP contribution in [0, 0.1) is 0 Å². The van der Waals surface area contributed by atoms with E-state index in [1.807, 2.05) is 0 Å². The van der Waals surface area contributed by atoms with Crippen molar-refractivity contribution in [3.05, 3.63) is 47.2 Å². The first-order valence-electron chi connectivity index (χ1n) is 10.1. The molecule has 1 aromatic heterocycles. The predicted molar refractivity (Wildman–Crippen MR) is 104 cm³/mol. The first-order valence-corrected chi connectivity index (χ1v) is 10.1. The van der Waals surface area contributed by atoms with Crippen LogP contribution in [0.1, 0.15) is 29.7 Å². The molecular formula is C21H23F3N4O2. The first kappa shape index (κ1) is 20.4. The monoisotopic (exact) mass is 420 g/mol. The van der Waals surface area contributed by atoms with Gasteiger partial charge in [0, 0.05) is 26.2 Å². The fraction of sp³-hybridized carbons (Fsp3) is 0.476. The number of carbonyl (C=O) groups excluding carboxylic acids is 1. The fourth-order valence-electron chi connectivity index (χ4n) is 3.82. The molecule has 160 valence electrons. The number of ether oxygens (including phenoxy) is 1. The van der Waals surface area contributed by atoms with E-state index in [9.17, 15) is 18.0 Å². The van der Waals surface area contributed by atoms with Crippen LogP contribution in [0.3, 0.4) is 0 Å². The van der Waals surface area contributed by atoms with Gasteiger partial charge in [0.15, 0.2) is 12.4 Å². The number of hydrogen-bond donors (Lipinski definition) is 0. The molecular weight excluding hydrogens is 397 g/mol. The van der Waals surface area contributed by atoms with Gasteiger partial charge < -0.3 is 14.5 Å². The SMILES string of the molecule is O=C(COc1cccc(C(F)(F)F)c1)N1CCN(c2cc3c(nn2)CCCC3)CC1. The summed E-state index contributed by atoms with van der Waals surface area (Å²) in [6.07, 6.45) is -0.101. The molecule has 1 saturated heterocycles. The van der Waals surface area contributed by atoms with E-state index in [0.29, 0.717) is 26.2 Å². The number of alkyl halides is 3. The number of aryl methyl sites for hydroxylation is 2. The summed E-state index contributed by atoms with van der Waals surface area (Å²) in [7, 11) is 0. The maximum Gasteiger partial charge on any atom is 0.416 e. The van der Waals surface area contributed by atoms with Crippen molar-refractivity contribution >= 4 is 11.7 Å². The molecule has 2 aliphatic rings. The minimum atomic E-state index is -4.45. The minimum Gasteiger partial charge on any atom is -0.484 e. The molecule has 0 unspecified atom stereocenters. The summed E-state index contributed by atoms with van der Waals surface area (Å²) in [5.74, 6) is 0.618. The van der Waals surface area contributed by atoms with Crippen LogP contribution >= 0.6 is 0 Å². The number of aromatic nitrogens is 2. The van der Waals surface area contributed by atoms with Crippen molar-refractivity contribution in [1.29, 1.82) is 0 Å². The van der Waals surface area contributed by atoms with Crippen molar-refractivity contribution in [3.8, 4) is 5.75 Å². The van der Waals surface area contributed by atoms with Gasteiger partial charge in [0.05, 0.1) is 11.3 Å². The van der Waals surface area contributed by atoms with E-state index in [2.05, 4.69) is 21.2 Å². The van der Waals surface area contributed by atoms with Gasteiger partial charge in [-0.3, -0.25) is 4.79 Å². The van der Waals surface area contributed by atoms with Crippen molar-refractivity contribution < 1.29 is 22.7 Å². The van der Waals surface area contributed by atoms with Crippen LogP contribution in [0.25, 0.3) is 0 Å². The molecule has 0 radical (unpaired) electrons. The summed E-state index contributed by atoms with van der Waals surface area (Å²) in [4.78, 5) is 16.2. The summed E-state index contributed by atoms with van der Waals surface area (Å²) in [5.41, 5.74) is 1.55. The van der Waals surface area contributed by atoms with Crippen molar-refractivity contribution in [1.82, 2.24) is 15.1 Å². The third-order valence-corrected chi connectivity index (χ3v) is 5.54. The zero-order chi connectivity index (χ0) is 21.1. The van der Waals surface area contributed by atoms with Crippen LogP contribution in [0.5, 0.6) is 5.75 Å². The lowest BCUT2D eigenvalue weighted by Crippen LogP contribution is -2.50. The van der Waals surface area contributed by atoms with E-state index >= 15 is 0 Å². The highest BCUT2D eigenvalue weighted by Gasteiger charge is 2.31. The number of rotatable bonds is 4. The smallest absolute Gasteiger partial charge is 0.416 e.